The highest BCUT2D eigenvalue weighted by Gasteiger charge is 2.23. The van der Waals surface area contributed by atoms with Gasteiger partial charge in [0.15, 0.2) is 12.4 Å². The van der Waals surface area contributed by atoms with E-state index in [-0.39, 0.29) is 29.3 Å². The number of hydrogen-bond acceptors (Lipinski definition) is 8. The maximum absolute atomic E-state index is 12.9. The molecule has 4 N–H and O–H groups in total. The van der Waals surface area contributed by atoms with E-state index in [1.54, 1.807) is 20.8 Å². The maximum atomic E-state index is 12.9. The third-order valence-electron chi connectivity index (χ3n) is 4.52. The Bertz CT molecular complexity index is 1110. The monoisotopic (exact) mass is 499 g/mol. The molecule has 0 fully saturated rings. The lowest BCUT2D eigenvalue weighted by Gasteiger charge is -2.20. The number of benzene rings is 2. The number of carbonyl (C=O) groups is 4. The van der Waals surface area contributed by atoms with Crippen molar-refractivity contribution in [3.63, 3.8) is 0 Å². The molecule has 0 aromatic heterocycles. The van der Waals surface area contributed by atoms with Crippen molar-refractivity contribution >= 4 is 29.6 Å². The first-order chi connectivity index (χ1) is 16.9. The summed E-state index contributed by atoms with van der Waals surface area (Å²) in [4.78, 5) is 48.1. The Morgan fingerprint density at radius 2 is 1.50 bits per heavy atom. The summed E-state index contributed by atoms with van der Waals surface area (Å²) in [6.07, 6.45) is -0.767. The second-order valence-corrected chi connectivity index (χ2v) is 8.63. The highest BCUT2D eigenvalue weighted by atomic mass is 16.6. The third-order valence-corrected chi connectivity index (χ3v) is 4.52. The van der Waals surface area contributed by atoms with Crippen molar-refractivity contribution in [2.24, 2.45) is 0 Å². The minimum atomic E-state index is -1.12. The van der Waals surface area contributed by atoms with E-state index in [0.717, 1.165) is 0 Å². The zero-order chi connectivity index (χ0) is 26.9. The molecule has 11 heteroatoms. The van der Waals surface area contributed by atoms with Gasteiger partial charge in [-0.25, -0.2) is 9.59 Å². The van der Waals surface area contributed by atoms with Crippen LogP contribution in [0.5, 0.6) is 5.75 Å². The molecule has 0 aliphatic heterocycles. The minimum absolute atomic E-state index is 0.0790. The van der Waals surface area contributed by atoms with Crippen molar-refractivity contribution in [3.05, 3.63) is 65.2 Å². The first-order valence-corrected chi connectivity index (χ1v) is 10.9. The minimum Gasteiger partial charge on any atom is -0.482 e. The van der Waals surface area contributed by atoms with E-state index in [1.165, 1.54) is 55.6 Å². The lowest BCUT2D eigenvalue weighted by atomic mass is 10.0. The Balaban J connectivity index is 2.04. The summed E-state index contributed by atoms with van der Waals surface area (Å²) >= 11 is 0. The van der Waals surface area contributed by atoms with Crippen molar-refractivity contribution in [1.29, 1.82) is 5.41 Å². The van der Waals surface area contributed by atoms with Gasteiger partial charge in [-0.05, 0) is 57.2 Å². The van der Waals surface area contributed by atoms with Crippen molar-refractivity contribution < 1.29 is 38.5 Å². The number of hydrogen-bond donors (Lipinski definition) is 4. The molecule has 1 atom stereocenters. The van der Waals surface area contributed by atoms with Crippen LogP contribution < -0.4 is 15.4 Å². The van der Waals surface area contributed by atoms with Gasteiger partial charge < -0.3 is 24.6 Å². The van der Waals surface area contributed by atoms with Crippen LogP contribution in [0.1, 0.15) is 47.1 Å². The first-order valence-electron chi connectivity index (χ1n) is 10.9. The number of ketones is 1. The second kappa shape index (κ2) is 12.5. The SMILES string of the molecule is COCC(NC(=O)c1ccc(C(=N)NC(=O)OC(C)(C)C)cc1)C(=O)c1ccc(OCC(=O)O)cc1. The molecule has 0 aliphatic rings. The Labute approximate surface area is 208 Å². The third kappa shape index (κ3) is 8.84. The predicted octanol–water partition coefficient (Wildman–Crippen LogP) is 2.63. The van der Waals surface area contributed by atoms with E-state index in [2.05, 4.69) is 10.6 Å². The molecule has 2 aromatic rings. The molecule has 0 saturated carbocycles. The number of ether oxygens (including phenoxy) is 3. The van der Waals surface area contributed by atoms with Crippen molar-refractivity contribution in [2.75, 3.05) is 20.3 Å². The van der Waals surface area contributed by atoms with Gasteiger partial charge in [0, 0.05) is 23.8 Å². The summed E-state index contributed by atoms with van der Waals surface area (Å²) in [5, 5.41) is 21.6. The molecule has 0 aliphatic carbocycles. The van der Waals surface area contributed by atoms with Gasteiger partial charge >= 0.3 is 12.1 Å². The lowest BCUT2D eigenvalue weighted by molar-refractivity contribution is -0.139. The van der Waals surface area contributed by atoms with E-state index in [0.29, 0.717) is 5.56 Å². The number of alkyl carbamates (subject to hydrolysis) is 1. The molecule has 11 nitrogen and oxygen atoms in total. The lowest BCUT2D eigenvalue weighted by Crippen LogP contribution is -2.44. The van der Waals surface area contributed by atoms with Gasteiger partial charge in [0.05, 0.1) is 6.61 Å². The molecule has 2 rings (SSSR count). The number of amidine groups is 1. The molecular weight excluding hydrogens is 470 g/mol. The number of rotatable bonds is 10. The van der Waals surface area contributed by atoms with Gasteiger partial charge in [-0.2, -0.15) is 0 Å². The van der Waals surface area contributed by atoms with Crippen molar-refractivity contribution in [3.8, 4) is 5.75 Å². The van der Waals surface area contributed by atoms with E-state index < -0.39 is 42.0 Å². The number of aliphatic carboxylic acids is 1. The van der Waals surface area contributed by atoms with E-state index in [9.17, 15) is 19.2 Å². The van der Waals surface area contributed by atoms with Crippen LogP contribution in [0, 0.1) is 5.41 Å². The number of methoxy groups -OCH3 is 1. The fourth-order valence-corrected chi connectivity index (χ4v) is 2.92. The molecule has 192 valence electrons. The van der Waals surface area contributed by atoms with Gasteiger partial charge in [0.2, 0.25) is 0 Å². The van der Waals surface area contributed by atoms with E-state index in [4.69, 9.17) is 24.7 Å². The summed E-state index contributed by atoms with van der Waals surface area (Å²) in [6, 6.07) is 10.7. The van der Waals surface area contributed by atoms with Crippen molar-refractivity contribution in [1.82, 2.24) is 10.6 Å². The normalized spacial score (nSPS) is 11.7. The smallest absolute Gasteiger partial charge is 0.413 e. The van der Waals surface area contributed by atoms with Gasteiger partial charge in [-0.1, -0.05) is 12.1 Å². The number of carbonyl (C=O) groups excluding carboxylic acids is 3. The van der Waals surface area contributed by atoms with Crippen LogP contribution in [-0.2, 0) is 14.3 Å². The van der Waals surface area contributed by atoms with Gasteiger partial charge in [0.1, 0.15) is 23.2 Å². The average Bonchev–Trinajstić information content (AvgIpc) is 2.81. The zero-order valence-electron chi connectivity index (χ0n) is 20.4. The Morgan fingerprint density at radius 3 is 2.03 bits per heavy atom. The topological polar surface area (TPSA) is 164 Å². The number of carboxylic acid groups (broad SMARTS) is 1. The Kier molecular flexibility index (Phi) is 9.68. The summed E-state index contributed by atoms with van der Waals surface area (Å²) < 4.78 is 15.3. The van der Waals surface area contributed by atoms with Crippen molar-refractivity contribution in [2.45, 2.75) is 32.4 Å². The Hall–Kier alpha value is -4.25. The summed E-state index contributed by atoms with van der Waals surface area (Å²) in [5.74, 6) is -1.98. The predicted molar refractivity (Wildman–Crippen MR) is 130 cm³/mol. The quantitative estimate of drug-likeness (QED) is 0.220. The molecule has 2 amide bonds. The van der Waals surface area contributed by atoms with Crippen LogP contribution in [0.4, 0.5) is 4.79 Å². The molecule has 2 aromatic carbocycles. The molecule has 0 spiro atoms. The van der Waals surface area contributed by atoms with E-state index >= 15 is 0 Å². The molecule has 1 unspecified atom stereocenters. The van der Waals surface area contributed by atoms with Crippen LogP contribution in [0.25, 0.3) is 0 Å². The standard InChI is InChI=1S/C25H29N3O8/c1-25(2,3)36-24(33)28-22(26)16-5-7-17(8-6-16)23(32)27-19(13-34-4)21(31)15-9-11-18(12-10-15)35-14-20(29)30/h5-12,19H,13-14H2,1-4H3,(H,27,32)(H,29,30)(H2,26,28,33). The molecule has 0 saturated heterocycles. The highest BCUT2D eigenvalue weighted by Crippen LogP contribution is 2.14. The van der Waals surface area contributed by atoms with Crippen LogP contribution >= 0.6 is 0 Å². The fourth-order valence-electron chi connectivity index (χ4n) is 2.92. The Morgan fingerprint density at radius 1 is 0.944 bits per heavy atom. The molecule has 36 heavy (non-hydrogen) atoms. The summed E-state index contributed by atoms with van der Waals surface area (Å²) in [5.41, 5.74) is 0.151. The molecule has 0 heterocycles. The molecule has 0 radical (unpaired) electrons. The van der Waals surface area contributed by atoms with Crippen LogP contribution in [0.15, 0.2) is 48.5 Å². The number of nitrogens with one attached hydrogen (secondary N) is 3. The van der Waals surface area contributed by atoms with Crippen LogP contribution in [0.2, 0.25) is 0 Å². The van der Waals surface area contributed by atoms with Crippen LogP contribution in [0.3, 0.4) is 0 Å². The largest absolute Gasteiger partial charge is 0.482 e. The summed E-state index contributed by atoms with van der Waals surface area (Å²) in [6.45, 7) is 4.53. The van der Waals surface area contributed by atoms with Gasteiger partial charge in [-0.3, -0.25) is 20.3 Å². The number of Topliss-reactive ketones (excluding diaryl/α,β-unsaturated/α-hetero) is 1. The van der Waals surface area contributed by atoms with E-state index in [1.807, 2.05) is 0 Å². The van der Waals surface area contributed by atoms with Crippen LogP contribution in [-0.4, -0.2) is 66.7 Å². The number of amides is 2. The first kappa shape index (κ1) is 28.0. The number of carboxylic acids is 1. The molecular formula is C25H29N3O8. The molecule has 0 bridgehead atoms. The fraction of sp³-hybridized carbons (Fsp3) is 0.320. The van der Waals surface area contributed by atoms with Gasteiger partial charge in [0.25, 0.3) is 5.91 Å². The maximum Gasteiger partial charge on any atom is 0.413 e. The second-order valence-electron chi connectivity index (χ2n) is 8.63. The average molecular weight is 500 g/mol. The summed E-state index contributed by atoms with van der Waals surface area (Å²) in [7, 11) is 1.40. The highest BCUT2D eigenvalue weighted by molar-refractivity contribution is 6.06. The van der Waals surface area contributed by atoms with Gasteiger partial charge in [-0.15, -0.1) is 0 Å². The zero-order valence-corrected chi connectivity index (χ0v) is 20.4.